The quantitative estimate of drug-likeness (QED) is 0.825. The van der Waals surface area contributed by atoms with Crippen LogP contribution in [0.5, 0.6) is 11.5 Å². The first kappa shape index (κ1) is 19.1. The van der Waals surface area contributed by atoms with Crippen LogP contribution in [-0.4, -0.2) is 30.4 Å². The average molecular weight is 386 g/mol. The zero-order valence-corrected chi connectivity index (χ0v) is 17.0. The van der Waals surface area contributed by atoms with Crippen molar-refractivity contribution in [3.8, 4) is 11.5 Å². The molecule has 4 rings (SSSR count). The molecule has 152 valence electrons. The molecule has 1 aromatic carbocycles. The third kappa shape index (κ3) is 3.56. The van der Waals surface area contributed by atoms with Gasteiger partial charge in [-0.2, -0.15) is 0 Å². The van der Waals surface area contributed by atoms with E-state index in [0.29, 0.717) is 53.9 Å². The second-order valence-electron chi connectivity index (χ2n) is 8.89. The van der Waals surface area contributed by atoms with E-state index in [9.17, 15) is 4.79 Å². The Hall–Kier alpha value is -2.24. The Kier molecular flexibility index (Phi) is 4.98. The topological polar surface area (TPSA) is 69.2 Å². The molecule has 2 heterocycles. The van der Waals surface area contributed by atoms with Crippen molar-refractivity contribution < 1.29 is 19.1 Å². The fourth-order valence-electron chi connectivity index (χ4n) is 4.49. The maximum Gasteiger partial charge on any atom is 0.273 e. The van der Waals surface area contributed by atoms with Crippen LogP contribution in [0.4, 0.5) is 5.69 Å². The zero-order valence-electron chi connectivity index (χ0n) is 17.0. The van der Waals surface area contributed by atoms with Crippen molar-refractivity contribution in [2.24, 2.45) is 16.5 Å². The number of nitrogens with zero attached hydrogens (tertiary/aromatic N) is 1. The molecular weight excluding hydrogens is 356 g/mol. The Balaban J connectivity index is 1.38. The Morgan fingerprint density at radius 1 is 1.25 bits per heavy atom. The molecule has 1 spiro atoms. The van der Waals surface area contributed by atoms with Crippen molar-refractivity contribution in [3.63, 3.8) is 0 Å². The van der Waals surface area contributed by atoms with Crippen LogP contribution in [-0.2, 0) is 9.63 Å². The van der Waals surface area contributed by atoms with E-state index in [1.165, 1.54) is 6.42 Å². The molecule has 0 atom stereocenters. The van der Waals surface area contributed by atoms with E-state index < -0.39 is 0 Å². The molecule has 0 radical (unpaired) electrons. The summed E-state index contributed by atoms with van der Waals surface area (Å²) in [5.74, 6) is 1.72. The zero-order chi connectivity index (χ0) is 19.8. The number of amides is 1. The third-order valence-electron chi connectivity index (χ3n) is 6.83. The van der Waals surface area contributed by atoms with Gasteiger partial charge in [0.1, 0.15) is 24.5 Å². The number of carbonyl (C=O) groups is 1. The predicted molar refractivity (Wildman–Crippen MR) is 108 cm³/mol. The van der Waals surface area contributed by atoms with Gasteiger partial charge in [0.25, 0.3) is 5.91 Å². The van der Waals surface area contributed by atoms with E-state index >= 15 is 0 Å². The largest absolute Gasteiger partial charge is 0.486 e. The third-order valence-corrected chi connectivity index (χ3v) is 6.83. The van der Waals surface area contributed by atoms with Gasteiger partial charge in [-0.25, -0.2) is 0 Å². The highest BCUT2D eigenvalue weighted by atomic mass is 16.7. The van der Waals surface area contributed by atoms with Crippen LogP contribution in [0.3, 0.4) is 0 Å². The summed E-state index contributed by atoms with van der Waals surface area (Å²) in [4.78, 5) is 18.6. The molecule has 6 nitrogen and oxygen atoms in total. The molecule has 1 aromatic rings. The van der Waals surface area contributed by atoms with E-state index in [0.717, 1.165) is 25.7 Å². The number of para-hydroxylation sites is 1. The molecule has 1 aliphatic carbocycles. The van der Waals surface area contributed by atoms with Crippen LogP contribution < -0.4 is 14.8 Å². The van der Waals surface area contributed by atoms with Crippen molar-refractivity contribution in [1.29, 1.82) is 0 Å². The monoisotopic (exact) mass is 386 g/mol. The summed E-state index contributed by atoms with van der Waals surface area (Å²) in [6.07, 6.45) is 5.93. The number of carbonyl (C=O) groups excluding carboxylic acids is 1. The first-order valence-corrected chi connectivity index (χ1v) is 10.4. The summed E-state index contributed by atoms with van der Waals surface area (Å²) in [5.41, 5.74) is 1.13. The number of oxime groups is 1. The van der Waals surface area contributed by atoms with Crippen molar-refractivity contribution in [2.75, 3.05) is 18.5 Å². The molecule has 1 N–H and O–H groups in total. The van der Waals surface area contributed by atoms with E-state index in [1.807, 2.05) is 18.2 Å². The molecule has 3 aliphatic rings. The second kappa shape index (κ2) is 7.30. The lowest BCUT2D eigenvalue weighted by atomic mass is 9.66. The molecular formula is C22H30N2O4. The molecule has 28 heavy (non-hydrogen) atoms. The van der Waals surface area contributed by atoms with E-state index in [4.69, 9.17) is 14.3 Å². The number of nitrogens with one attached hydrogen (secondary N) is 1. The van der Waals surface area contributed by atoms with Gasteiger partial charge in [0.2, 0.25) is 0 Å². The van der Waals surface area contributed by atoms with E-state index in [-0.39, 0.29) is 11.5 Å². The van der Waals surface area contributed by atoms with Gasteiger partial charge in [0, 0.05) is 6.42 Å². The van der Waals surface area contributed by atoms with Gasteiger partial charge in [0.05, 0.1) is 5.69 Å². The minimum Gasteiger partial charge on any atom is -0.486 e. The lowest BCUT2D eigenvalue weighted by Crippen LogP contribution is -2.39. The van der Waals surface area contributed by atoms with Crippen LogP contribution in [0.15, 0.2) is 23.4 Å². The molecule has 0 bridgehead atoms. The number of anilines is 1. The summed E-state index contributed by atoms with van der Waals surface area (Å²) in [7, 11) is 0. The highest BCUT2D eigenvalue weighted by Crippen LogP contribution is 2.47. The summed E-state index contributed by atoms with van der Waals surface area (Å²) in [6.45, 7) is 7.96. The normalized spacial score (nSPS) is 26.5. The smallest absolute Gasteiger partial charge is 0.273 e. The summed E-state index contributed by atoms with van der Waals surface area (Å²) >= 11 is 0. The predicted octanol–water partition coefficient (Wildman–Crippen LogP) is 4.54. The lowest BCUT2D eigenvalue weighted by Gasteiger charge is -2.41. The van der Waals surface area contributed by atoms with Crippen LogP contribution in [0.25, 0.3) is 0 Å². The van der Waals surface area contributed by atoms with Gasteiger partial charge in [-0.1, -0.05) is 38.4 Å². The number of rotatable bonds is 4. The maximum atomic E-state index is 12.8. The van der Waals surface area contributed by atoms with Gasteiger partial charge in [-0.3, -0.25) is 4.79 Å². The summed E-state index contributed by atoms with van der Waals surface area (Å²) in [5, 5.41) is 7.08. The lowest BCUT2D eigenvalue weighted by molar-refractivity contribution is -0.110. The molecule has 0 saturated heterocycles. The summed E-state index contributed by atoms with van der Waals surface area (Å²) < 4.78 is 11.2. The molecule has 1 amide bonds. The van der Waals surface area contributed by atoms with E-state index in [1.54, 1.807) is 0 Å². The van der Waals surface area contributed by atoms with Gasteiger partial charge in [0.15, 0.2) is 11.5 Å². The van der Waals surface area contributed by atoms with Crippen LogP contribution in [0.2, 0.25) is 0 Å². The van der Waals surface area contributed by atoms with Gasteiger partial charge < -0.3 is 19.6 Å². The Morgan fingerprint density at radius 3 is 2.75 bits per heavy atom. The highest BCUT2D eigenvalue weighted by Gasteiger charge is 2.46. The minimum absolute atomic E-state index is 0.226. The molecule has 0 unspecified atom stereocenters. The fraction of sp³-hybridized carbons (Fsp3) is 0.636. The number of benzene rings is 1. The highest BCUT2D eigenvalue weighted by molar-refractivity contribution is 6.43. The number of ether oxygens (including phenoxy) is 2. The number of fused-ring (bicyclic) bond motifs is 1. The van der Waals surface area contributed by atoms with Crippen LogP contribution in [0.1, 0.15) is 59.3 Å². The van der Waals surface area contributed by atoms with E-state index in [2.05, 4.69) is 31.2 Å². The van der Waals surface area contributed by atoms with Crippen molar-refractivity contribution in [2.45, 2.75) is 64.9 Å². The summed E-state index contributed by atoms with van der Waals surface area (Å²) in [6, 6.07) is 5.50. The molecule has 6 heteroatoms. The minimum atomic E-state index is -0.303. The van der Waals surface area contributed by atoms with Gasteiger partial charge >= 0.3 is 0 Å². The molecule has 1 fully saturated rings. The first-order valence-electron chi connectivity index (χ1n) is 10.4. The Morgan fingerprint density at radius 2 is 2.00 bits per heavy atom. The fourth-order valence-corrected chi connectivity index (χ4v) is 4.49. The van der Waals surface area contributed by atoms with Gasteiger partial charge in [-0.05, 0) is 49.1 Å². The number of hydrogen-bond acceptors (Lipinski definition) is 5. The van der Waals surface area contributed by atoms with Crippen molar-refractivity contribution >= 4 is 17.3 Å². The average Bonchev–Trinajstić information content (AvgIpc) is 3.12. The second-order valence-corrected chi connectivity index (χ2v) is 8.89. The van der Waals surface area contributed by atoms with Crippen LogP contribution in [0, 0.1) is 11.3 Å². The standard InChI is InChI=1S/C22H30N2O4/c1-4-21(2,3)15-8-10-22(11-9-15)14-17(24-28-22)20(25)23-16-6-5-7-18-19(16)27-13-12-26-18/h5-7,15H,4,8-14H2,1-3H3,(H,23,25). The van der Waals surface area contributed by atoms with Crippen molar-refractivity contribution in [3.05, 3.63) is 18.2 Å². The first-order chi connectivity index (χ1) is 13.4. The molecule has 2 aliphatic heterocycles. The maximum absolute atomic E-state index is 12.8. The Bertz CT molecular complexity index is 779. The SMILES string of the molecule is CCC(C)(C)C1CCC2(CC1)CC(C(=O)Nc1cccc3c1OCCO3)=NO2. The van der Waals surface area contributed by atoms with Crippen LogP contribution >= 0.6 is 0 Å². The Labute approximate surface area is 166 Å². The van der Waals surface area contributed by atoms with Crippen molar-refractivity contribution in [1.82, 2.24) is 0 Å². The number of hydrogen-bond donors (Lipinski definition) is 1. The molecule has 1 saturated carbocycles. The molecule has 0 aromatic heterocycles. The van der Waals surface area contributed by atoms with Gasteiger partial charge in [-0.15, -0.1) is 0 Å².